The van der Waals surface area contributed by atoms with E-state index in [1.807, 2.05) is 0 Å². The van der Waals surface area contributed by atoms with E-state index in [-0.39, 0.29) is 0 Å². The van der Waals surface area contributed by atoms with E-state index < -0.39 is 11.0 Å². The molecule has 0 aliphatic carbocycles. The summed E-state index contributed by atoms with van der Waals surface area (Å²) in [6.45, 7) is 0. The van der Waals surface area contributed by atoms with E-state index in [1.165, 1.54) is 7.05 Å². The van der Waals surface area contributed by atoms with E-state index >= 15 is 0 Å². The Bertz CT molecular complexity index is 663. The molecule has 8 heteroatoms. The number of rotatable bonds is 1. The molecule has 5 nitrogen and oxygen atoms in total. The monoisotopic (exact) mass is 381 g/mol. The number of fused-ring (bicyclic) bond motifs is 1. The summed E-state index contributed by atoms with van der Waals surface area (Å²) in [4.78, 5) is 22.7. The summed E-state index contributed by atoms with van der Waals surface area (Å²) in [5, 5.41) is 8.96. The van der Waals surface area contributed by atoms with Gasteiger partial charge in [0.05, 0.1) is 14.9 Å². The van der Waals surface area contributed by atoms with Crippen molar-refractivity contribution in [3.63, 3.8) is 0 Å². The molecule has 0 spiro atoms. The Kier molecular flexibility index (Phi) is 3.28. The zero-order valence-electron chi connectivity index (χ0n) is 8.36. The maximum absolute atomic E-state index is 11.2. The lowest BCUT2D eigenvalue weighted by molar-refractivity contribution is 0.203. The Hall–Kier alpha value is -0.860. The quantitative estimate of drug-likeness (QED) is 0.819. The van der Waals surface area contributed by atoms with Crippen molar-refractivity contribution in [1.82, 2.24) is 0 Å². The SMILES string of the molecule is CN(C(=O)O)c1c(Br)cc2sc(=O)oc2c1Br. The van der Waals surface area contributed by atoms with Gasteiger partial charge in [-0.3, -0.25) is 4.90 Å². The first kappa shape index (κ1) is 12.6. The van der Waals surface area contributed by atoms with Crippen LogP contribution < -0.4 is 9.84 Å². The summed E-state index contributed by atoms with van der Waals surface area (Å²) in [6, 6.07) is 1.66. The predicted octanol–water partition coefficient (Wildman–Crippen LogP) is 3.49. The molecule has 1 amide bonds. The fraction of sp³-hybridized carbons (Fsp3) is 0.111. The Morgan fingerprint density at radius 2 is 2.18 bits per heavy atom. The third-order valence-electron chi connectivity index (χ3n) is 2.12. The van der Waals surface area contributed by atoms with Gasteiger partial charge < -0.3 is 9.52 Å². The lowest BCUT2D eigenvalue weighted by Gasteiger charge is -2.16. The van der Waals surface area contributed by atoms with E-state index in [2.05, 4.69) is 31.9 Å². The number of anilines is 1. The maximum Gasteiger partial charge on any atom is 0.411 e. The van der Waals surface area contributed by atoms with E-state index in [4.69, 9.17) is 9.52 Å². The van der Waals surface area contributed by atoms with Gasteiger partial charge in [0.1, 0.15) is 0 Å². The third kappa shape index (κ3) is 2.12. The molecule has 90 valence electrons. The molecule has 2 aromatic rings. The van der Waals surface area contributed by atoms with Crippen molar-refractivity contribution in [3.8, 4) is 0 Å². The highest BCUT2D eigenvalue weighted by molar-refractivity contribution is 9.11. The van der Waals surface area contributed by atoms with Crippen LogP contribution in [0.1, 0.15) is 0 Å². The second-order valence-electron chi connectivity index (χ2n) is 3.14. The highest BCUT2D eigenvalue weighted by Gasteiger charge is 2.20. The van der Waals surface area contributed by atoms with Crippen LogP contribution in [0.3, 0.4) is 0 Å². The fourth-order valence-corrected chi connectivity index (χ4v) is 4.07. The number of hydrogen-bond donors (Lipinski definition) is 1. The number of hydrogen-bond acceptors (Lipinski definition) is 4. The second-order valence-corrected chi connectivity index (χ2v) is 5.77. The van der Waals surface area contributed by atoms with Crippen LogP contribution in [0.15, 0.2) is 24.2 Å². The highest BCUT2D eigenvalue weighted by atomic mass is 79.9. The molecule has 0 unspecified atom stereocenters. The summed E-state index contributed by atoms with van der Waals surface area (Å²) >= 11 is 7.49. The van der Waals surface area contributed by atoms with Crippen LogP contribution in [0, 0.1) is 0 Å². The molecule has 17 heavy (non-hydrogen) atoms. The molecule has 1 N–H and O–H groups in total. The van der Waals surface area contributed by atoms with Crippen molar-refractivity contribution in [2.24, 2.45) is 0 Å². The zero-order chi connectivity index (χ0) is 12.7. The molecule has 0 saturated carbocycles. The maximum atomic E-state index is 11.2. The van der Waals surface area contributed by atoms with Crippen molar-refractivity contribution < 1.29 is 14.3 Å². The lowest BCUT2D eigenvalue weighted by Crippen LogP contribution is -2.24. The highest BCUT2D eigenvalue weighted by Crippen LogP contribution is 2.40. The molecule has 0 radical (unpaired) electrons. The molecule has 0 aliphatic heterocycles. The zero-order valence-corrected chi connectivity index (χ0v) is 12.3. The fourth-order valence-electron chi connectivity index (χ4n) is 1.34. The molecule has 0 aliphatic rings. The summed E-state index contributed by atoms with van der Waals surface area (Å²) in [7, 11) is 1.41. The van der Waals surface area contributed by atoms with Crippen molar-refractivity contribution in [3.05, 3.63) is 24.7 Å². The first-order chi connectivity index (χ1) is 7.91. The van der Waals surface area contributed by atoms with Crippen LogP contribution in [0.5, 0.6) is 0 Å². The lowest BCUT2D eigenvalue weighted by atomic mass is 10.3. The van der Waals surface area contributed by atoms with E-state index in [9.17, 15) is 9.59 Å². The average Bonchev–Trinajstić information content (AvgIpc) is 2.58. The second kappa shape index (κ2) is 4.43. The number of carboxylic acid groups (broad SMARTS) is 1. The first-order valence-corrected chi connectivity index (χ1v) is 6.70. The molecule has 0 bridgehead atoms. The van der Waals surface area contributed by atoms with Gasteiger partial charge in [0.25, 0.3) is 0 Å². The number of carbonyl (C=O) groups is 1. The number of amides is 1. The summed E-state index contributed by atoms with van der Waals surface area (Å²) in [5.74, 6) is 0. The molecule has 0 fully saturated rings. The minimum Gasteiger partial charge on any atom is -0.465 e. The Balaban J connectivity index is 2.79. The van der Waals surface area contributed by atoms with Crippen molar-refractivity contribution in [2.45, 2.75) is 0 Å². The van der Waals surface area contributed by atoms with Crippen LogP contribution in [-0.4, -0.2) is 18.2 Å². The molecule has 0 saturated heterocycles. The van der Waals surface area contributed by atoms with Gasteiger partial charge in [-0.05, 0) is 37.9 Å². The average molecular weight is 383 g/mol. The summed E-state index contributed by atoms with van der Waals surface area (Å²) < 4.78 is 6.65. The Morgan fingerprint density at radius 3 is 2.76 bits per heavy atom. The molecule has 1 aromatic heterocycles. The first-order valence-electron chi connectivity index (χ1n) is 4.30. The van der Waals surface area contributed by atoms with Crippen LogP contribution in [0.4, 0.5) is 10.5 Å². The Morgan fingerprint density at radius 1 is 1.53 bits per heavy atom. The van der Waals surface area contributed by atoms with Crippen molar-refractivity contribution >= 4 is 65.3 Å². The Labute approximate surface area is 116 Å². The van der Waals surface area contributed by atoms with Gasteiger partial charge in [0.15, 0.2) is 5.58 Å². The minimum absolute atomic E-state index is 0.353. The van der Waals surface area contributed by atoms with Crippen LogP contribution in [0.25, 0.3) is 10.3 Å². The number of nitrogens with zero attached hydrogens (tertiary/aromatic N) is 1. The molecule has 1 aromatic carbocycles. The van der Waals surface area contributed by atoms with Crippen LogP contribution >= 0.6 is 43.2 Å². The van der Waals surface area contributed by atoms with Gasteiger partial charge >= 0.3 is 11.0 Å². The van der Waals surface area contributed by atoms with Gasteiger partial charge in [0, 0.05) is 11.5 Å². The standard InChI is InChI=1S/C9H5Br2NO4S/c1-12(8(13)14)6-3(10)2-4-7(5(6)11)16-9(15)17-4/h2H,1H3,(H,13,14). The molecule has 1 heterocycles. The van der Waals surface area contributed by atoms with Gasteiger partial charge in [-0.2, -0.15) is 0 Å². The molecule has 2 rings (SSSR count). The number of benzene rings is 1. The summed E-state index contributed by atoms with van der Waals surface area (Å²) in [6.07, 6.45) is -1.11. The topological polar surface area (TPSA) is 70.8 Å². The van der Waals surface area contributed by atoms with Crippen LogP contribution in [0.2, 0.25) is 0 Å². The van der Waals surface area contributed by atoms with E-state index in [1.54, 1.807) is 6.07 Å². The molecular formula is C9H5Br2NO4S. The smallest absolute Gasteiger partial charge is 0.411 e. The number of halogens is 2. The van der Waals surface area contributed by atoms with Crippen molar-refractivity contribution in [2.75, 3.05) is 11.9 Å². The van der Waals surface area contributed by atoms with Crippen molar-refractivity contribution in [1.29, 1.82) is 0 Å². The normalized spacial score (nSPS) is 10.8. The largest absolute Gasteiger partial charge is 0.465 e. The molecular weight excluding hydrogens is 378 g/mol. The van der Waals surface area contributed by atoms with Crippen LogP contribution in [-0.2, 0) is 0 Å². The van der Waals surface area contributed by atoms with Gasteiger partial charge in [0.2, 0.25) is 0 Å². The van der Waals surface area contributed by atoms with E-state index in [0.717, 1.165) is 16.2 Å². The van der Waals surface area contributed by atoms with E-state index in [0.29, 0.717) is 24.9 Å². The minimum atomic E-state index is -1.11. The van der Waals surface area contributed by atoms with Gasteiger partial charge in [-0.15, -0.1) is 0 Å². The summed E-state index contributed by atoms with van der Waals surface area (Å²) in [5.41, 5.74) is 0.748. The van der Waals surface area contributed by atoms with Gasteiger partial charge in [-0.1, -0.05) is 11.3 Å². The van der Waals surface area contributed by atoms with Gasteiger partial charge in [-0.25, -0.2) is 9.59 Å². The predicted molar refractivity (Wildman–Crippen MR) is 72.2 cm³/mol. The molecule has 0 atom stereocenters. The third-order valence-corrected chi connectivity index (χ3v) is 4.23.